The highest BCUT2D eigenvalue weighted by atomic mass is 31.1. The zero-order valence-corrected chi connectivity index (χ0v) is 21.3. The molecule has 29 heavy (non-hydrogen) atoms. The fourth-order valence-corrected chi connectivity index (χ4v) is 14.6. The molecular weight excluding hydrogens is 386 g/mol. The lowest BCUT2D eigenvalue weighted by Gasteiger charge is -2.49. The third kappa shape index (κ3) is 5.32. The lowest BCUT2D eigenvalue weighted by atomic mass is 10.0. The van der Waals surface area contributed by atoms with Crippen LogP contribution in [0.5, 0.6) is 0 Å². The molecule has 0 bridgehead atoms. The Kier molecular flexibility index (Phi) is 7.29. The first-order chi connectivity index (χ1) is 13.6. The van der Waals surface area contributed by atoms with Crippen LogP contribution in [0.3, 0.4) is 0 Å². The van der Waals surface area contributed by atoms with Gasteiger partial charge in [0.05, 0.1) is 0 Å². The van der Waals surface area contributed by atoms with Crippen molar-refractivity contribution >= 4 is 26.5 Å². The third-order valence-corrected chi connectivity index (χ3v) is 13.5. The zero-order valence-electron chi connectivity index (χ0n) is 19.5. The summed E-state index contributed by atoms with van der Waals surface area (Å²) in [7, 11) is -0.404. The first kappa shape index (κ1) is 23.0. The summed E-state index contributed by atoms with van der Waals surface area (Å²) in [6.45, 7) is 17.5. The molecule has 1 aliphatic rings. The lowest BCUT2D eigenvalue weighted by Crippen LogP contribution is -2.37. The van der Waals surface area contributed by atoms with Gasteiger partial charge in [-0.1, -0.05) is 123 Å². The van der Waals surface area contributed by atoms with Crippen molar-refractivity contribution in [2.24, 2.45) is 5.92 Å². The second-order valence-electron chi connectivity index (χ2n) is 10.7. The van der Waals surface area contributed by atoms with Crippen molar-refractivity contribution in [2.45, 2.75) is 89.4 Å². The molecule has 3 rings (SSSR count). The van der Waals surface area contributed by atoms with E-state index >= 15 is 0 Å². The molecule has 3 atom stereocenters. The second-order valence-corrected chi connectivity index (χ2v) is 17.3. The number of hydrogen-bond acceptors (Lipinski definition) is 0. The standard InChI is InChI=1S/C27H40P2/c1-21(29(26(2,3)4)27(5,6)7)24-19-14-20-25(24)28(22-15-10-8-11-16-22)23-17-12-9-13-18-23/h8-13,15-18,21,24-25H,14,19-20H2,1-7H3/t21-,24?,25?/m0/s1. The number of rotatable bonds is 5. The number of hydrogen-bond donors (Lipinski definition) is 0. The molecule has 0 saturated heterocycles. The molecule has 2 aromatic rings. The lowest BCUT2D eigenvalue weighted by molar-refractivity contribution is 0.527. The van der Waals surface area contributed by atoms with Gasteiger partial charge in [0.1, 0.15) is 0 Å². The molecule has 0 nitrogen and oxygen atoms in total. The Bertz CT molecular complexity index is 701. The Morgan fingerprint density at radius 1 is 0.724 bits per heavy atom. The topological polar surface area (TPSA) is 0 Å². The van der Waals surface area contributed by atoms with Gasteiger partial charge in [0, 0.05) is 0 Å². The van der Waals surface area contributed by atoms with Crippen molar-refractivity contribution in [3.05, 3.63) is 60.7 Å². The van der Waals surface area contributed by atoms with Crippen LogP contribution in [-0.4, -0.2) is 21.6 Å². The molecule has 2 unspecified atom stereocenters. The second kappa shape index (κ2) is 9.20. The van der Waals surface area contributed by atoms with Crippen LogP contribution in [0.4, 0.5) is 0 Å². The highest BCUT2D eigenvalue weighted by Gasteiger charge is 2.46. The minimum absolute atomic E-state index is 0.0938. The average molecular weight is 427 g/mol. The predicted octanol–water partition coefficient (Wildman–Crippen LogP) is 7.76. The number of benzene rings is 2. The smallest absolute Gasteiger partial charge is 0.00945 e. The maximum atomic E-state index is 2.61. The van der Waals surface area contributed by atoms with Crippen molar-refractivity contribution in [1.82, 2.24) is 0 Å². The van der Waals surface area contributed by atoms with Crippen LogP contribution in [0.2, 0.25) is 0 Å². The minimum atomic E-state index is -0.310. The van der Waals surface area contributed by atoms with Crippen LogP contribution in [0, 0.1) is 5.92 Å². The van der Waals surface area contributed by atoms with Crippen molar-refractivity contribution < 1.29 is 0 Å². The van der Waals surface area contributed by atoms with Gasteiger partial charge < -0.3 is 0 Å². The van der Waals surface area contributed by atoms with Crippen LogP contribution >= 0.6 is 15.8 Å². The van der Waals surface area contributed by atoms with E-state index in [1.165, 1.54) is 19.3 Å². The van der Waals surface area contributed by atoms with Crippen LogP contribution in [0.25, 0.3) is 0 Å². The van der Waals surface area contributed by atoms with E-state index in [0.29, 0.717) is 10.3 Å². The minimum Gasteiger partial charge on any atom is -0.0924 e. The Hall–Kier alpha value is -0.700. The summed E-state index contributed by atoms with van der Waals surface area (Å²) in [5, 5.41) is 3.91. The molecule has 2 aromatic carbocycles. The van der Waals surface area contributed by atoms with E-state index in [1.54, 1.807) is 10.6 Å². The summed E-state index contributed by atoms with van der Waals surface area (Å²) in [5.74, 6) is 0.839. The van der Waals surface area contributed by atoms with E-state index in [-0.39, 0.29) is 15.8 Å². The molecule has 0 amide bonds. The van der Waals surface area contributed by atoms with Gasteiger partial charge in [-0.05, 0) is 58.9 Å². The van der Waals surface area contributed by atoms with Gasteiger partial charge in [0.2, 0.25) is 0 Å². The van der Waals surface area contributed by atoms with Crippen molar-refractivity contribution in [3.63, 3.8) is 0 Å². The monoisotopic (exact) mass is 426 g/mol. The molecule has 0 aliphatic heterocycles. The van der Waals surface area contributed by atoms with Crippen molar-refractivity contribution in [2.75, 3.05) is 0 Å². The van der Waals surface area contributed by atoms with Crippen LogP contribution in [0.1, 0.15) is 67.7 Å². The SMILES string of the molecule is C[C@@H](C1CCCC1P(c1ccccc1)c1ccccc1)P(C(C)(C)C)C(C)(C)C. The molecule has 0 aromatic heterocycles. The van der Waals surface area contributed by atoms with Crippen LogP contribution in [-0.2, 0) is 0 Å². The Morgan fingerprint density at radius 3 is 1.59 bits per heavy atom. The average Bonchev–Trinajstić information content (AvgIpc) is 3.11. The van der Waals surface area contributed by atoms with Gasteiger partial charge in [-0.15, -0.1) is 0 Å². The largest absolute Gasteiger partial charge is 0.0924 e. The van der Waals surface area contributed by atoms with Crippen molar-refractivity contribution in [1.29, 1.82) is 0 Å². The summed E-state index contributed by atoms with van der Waals surface area (Å²) in [5.41, 5.74) is 1.61. The quantitative estimate of drug-likeness (QED) is 0.429. The normalized spacial score (nSPS) is 21.7. The van der Waals surface area contributed by atoms with E-state index in [9.17, 15) is 0 Å². The fraction of sp³-hybridized carbons (Fsp3) is 0.556. The summed E-state index contributed by atoms with van der Waals surface area (Å²) in [4.78, 5) is 0. The maximum Gasteiger partial charge on any atom is -0.00945 e. The highest BCUT2D eigenvalue weighted by molar-refractivity contribution is 7.73. The zero-order chi connectivity index (χ0) is 21.2. The molecule has 0 radical (unpaired) electrons. The molecule has 2 heteroatoms. The van der Waals surface area contributed by atoms with E-state index in [0.717, 1.165) is 17.2 Å². The summed E-state index contributed by atoms with van der Waals surface area (Å²) < 4.78 is 0. The van der Waals surface area contributed by atoms with Crippen LogP contribution < -0.4 is 10.6 Å². The summed E-state index contributed by atoms with van der Waals surface area (Å²) in [6, 6.07) is 22.8. The molecule has 0 spiro atoms. The molecule has 0 N–H and O–H groups in total. The predicted molar refractivity (Wildman–Crippen MR) is 136 cm³/mol. The Morgan fingerprint density at radius 2 is 1.17 bits per heavy atom. The van der Waals surface area contributed by atoms with E-state index in [1.807, 2.05) is 0 Å². The van der Waals surface area contributed by atoms with E-state index < -0.39 is 0 Å². The van der Waals surface area contributed by atoms with E-state index in [4.69, 9.17) is 0 Å². The Balaban J connectivity index is 2.00. The molecule has 1 aliphatic carbocycles. The Labute approximate surface area is 182 Å². The van der Waals surface area contributed by atoms with Gasteiger partial charge in [-0.25, -0.2) is 0 Å². The fourth-order valence-electron chi connectivity index (χ4n) is 5.98. The summed E-state index contributed by atoms with van der Waals surface area (Å²) in [6.07, 6.45) is 4.20. The van der Waals surface area contributed by atoms with Gasteiger partial charge in [0.25, 0.3) is 0 Å². The molecule has 1 fully saturated rings. The van der Waals surface area contributed by atoms with Crippen LogP contribution in [0.15, 0.2) is 60.7 Å². The summed E-state index contributed by atoms with van der Waals surface area (Å²) >= 11 is 0. The molecule has 1 saturated carbocycles. The van der Waals surface area contributed by atoms with Gasteiger partial charge in [-0.2, -0.15) is 0 Å². The van der Waals surface area contributed by atoms with Gasteiger partial charge in [0.15, 0.2) is 0 Å². The highest BCUT2D eigenvalue weighted by Crippen LogP contribution is 2.67. The van der Waals surface area contributed by atoms with Crippen molar-refractivity contribution in [3.8, 4) is 0 Å². The van der Waals surface area contributed by atoms with Gasteiger partial charge in [-0.3, -0.25) is 0 Å². The molecule has 0 heterocycles. The first-order valence-electron chi connectivity index (χ1n) is 11.3. The van der Waals surface area contributed by atoms with Gasteiger partial charge >= 0.3 is 0 Å². The van der Waals surface area contributed by atoms with E-state index in [2.05, 4.69) is 109 Å². The third-order valence-electron chi connectivity index (χ3n) is 6.40. The molecule has 158 valence electrons. The molecular formula is C27H40P2. The first-order valence-corrected chi connectivity index (χ1v) is 14.1. The maximum absolute atomic E-state index is 2.61.